The standard InChI is InChI=1S/C9H15N3OS/c1-12-5-4-10-9(12)11-8-2-6-14(13)7-3-8/h4-5,8H,2-3,6-7H2,1H3,(H,10,11). The van der Waals surface area contributed by atoms with E-state index in [2.05, 4.69) is 10.3 Å². The van der Waals surface area contributed by atoms with Gasteiger partial charge in [0.1, 0.15) is 0 Å². The Bertz CT molecular complexity index is 327. The van der Waals surface area contributed by atoms with E-state index in [1.54, 1.807) is 6.20 Å². The molecule has 0 unspecified atom stereocenters. The number of hydrogen-bond donors (Lipinski definition) is 1. The molecule has 1 fully saturated rings. The lowest BCUT2D eigenvalue weighted by atomic mass is 10.2. The Morgan fingerprint density at radius 3 is 2.86 bits per heavy atom. The predicted octanol–water partition coefficient (Wildman–Crippen LogP) is 0.743. The third-order valence-corrected chi connectivity index (χ3v) is 3.92. The zero-order valence-corrected chi connectivity index (χ0v) is 9.09. The fourth-order valence-electron chi connectivity index (χ4n) is 1.63. The van der Waals surface area contributed by atoms with Gasteiger partial charge in [-0.05, 0) is 12.8 Å². The first-order valence-corrected chi connectivity index (χ1v) is 6.33. The van der Waals surface area contributed by atoms with Crippen LogP contribution < -0.4 is 5.32 Å². The highest BCUT2D eigenvalue weighted by molar-refractivity contribution is 7.85. The first kappa shape index (κ1) is 9.71. The van der Waals surface area contributed by atoms with E-state index in [1.807, 2.05) is 17.8 Å². The molecule has 0 bridgehead atoms. The van der Waals surface area contributed by atoms with Crippen molar-refractivity contribution in [2.45, 2.75) is 18.9 Å². The maximum absolute atomic E-state index is 11.1. The number of nitrogens with zero attached hydrogens (tertiary/aromatic N) is 2. The highest BCUT2D eigenvalue weighted by Crippen LogP contribution is 2.14. The minimum atomic E-state index is -0.582. The molecule has 1 N–H and O–H groups in total. The van der Waals surface area contributed by atoms with Crippen molar-refractivity contribution in [2.75, 3.05) is 16.8 Å². The molecule has 1 aliphatic rings. The van der Waals surface area contributed by atoms with Crippen LogP contribution in [0, 0.1) is 0 Å². The number of aromatic nitrogens is 2. The Hall–Kier alpha value is -0.840. The maximum atomic E-state index is 11.1. The Balaban J connectivity index is 1.92. The summed E-state index contributed by atoms with van der Waals surface area (Å²) in [5.74, 6) is 2.55. The number of imidazole rings is 1. The van der Waals surface area contributed by atoms with Crippen LogP contribution in [0.4, 0.5) is 5.95 Å². The number of hydrogen-bond acceptors (Lipinski definition) is 3. The van der Waals surface area contributed by atoms with Crippen LogP contribution in [0.3, 0.4) is 0 Å². The molecule has 2 heterocycles. The van der Waals surface area contributed by atoms with E-state index >= 15 is 0 Å². The number of aryl methyl sites for hydroxylation is 1. The topological polar surface area (TPSA) is 46.9 Å². The molecule has 78 valence electrons. The van der Waals surface area contributed by atoms with Crippen molar-refractivity contribution in [2.24, 2.45) is 7.05 Å². The monoisotopic (exact) mass is 213 g/mol. The summed E-state index contributed by atoms with van der Waals surface area (Å²) in [5.41, 5.74) is 0. The van der Waals surface area contributed by atoms with E-state index in [0.29, 0.717) is 6.04 Å². The molecule has 0 spiro atoms. The van der Waals surface area contributed by atoms with Crippen molar-refractivity contribution < 1.29 is 4.21 Å². The smallest absolute Gasteiger partial charge is 0.202 e. The van der Waals surface area contributed by atoms with Gasteiger partial charge in [0.15, 0.2) is 0 Å². The highest BCUT2D eigenvalue weighted by atomic mass is 32.2. The van der Waals surface area contributed by atoms with E-state index < -0.39 is 10.8 Å². The SMILES string of the molecule is Cn1ccnc1NC1CCS(=O)CC1. The van der Waals surface area contributed by atoms with Crippen molar-refractivity contribution in [3.63, 3.8) is 0 Å². The van der Waals surface area contributed by atoms with Gasteiger partial charge in [-0.15, -0.1) is 0 Å². The Morgan fingerprint density at radius 1 is 1.57 bits per heavy atom. The summed E-state index contributed by atoms with van der Waals surface area (Å²) in [6, 6.07) is 0.439. The minimum Gasteiger partial charge on any atom is -0.353 e. The normalized spacial score (nSPS) is 27.5. The van der Waals surface area contributed by atoms with E-state index in [4.69, 9.17) is 0 Å². The number of nitrogens with one attached hydrogen (secondary N) is 1. The summed E-state index contributed by atoms with van der Waals surface area (Å²) < 4.78 is 13.1. The minimum absolute atomic E-state index is 0.439. The molecule has 5 heteroatoms. The molecule has 2 rings (SSSR count). The third kappa shape index (κ3) is 2.15. The zero-order chi connectivity index (χ0) is 9.97. The van der Waals surface area contributed by atoms with Crippen molar-refractivity contribution in [1.82, 2.24) is 9.55 Å². The fraction of sp³-hybridized carbons (Fsp3) is 0.667. The van der Waals surface area contributed by atoms with Crippen LogP contribution in [0.15, 0.2) is 12.4 Å². The maximum Gasteiger partial charge on any atom is 0.202 e. The van der Waals surface area contributed by atoms with E-state index in [0.717, 1.165) is 30.3 Å². The van der Waals surface area contributed by atoms with Crippen LogP contribution in [-0.2, 0) is 17.8 Å². The summed E-state index contributed by atoms with van der Waals surface area (Å²) in [6.07, 6.45) is 5.67. The molecule has 4 nitrogen and oxygen atoms in total. The van der Waals surface area contributed by atoms with Crippen molar-refractivity contribution in [1.29, 1.82) is 0 Å². The number of anilines is 1. The molecule has 1 aromatic rings. The molecule has 1 aromatic heterocycles. The van der Waals surface area contributed by atoms with Crippen molar-refractivity contribution >= 4 is 16.7 Å². The zero-order valence-electron chi connectivity index (χ0n) is 8.27. The van der Waals surface area contributed by atoms with Crippen molar-refractivity contribution in [3.8, 4) is 0 Å². The van der Waals surface area contributed by atoms with Crippen LogP contribution in [0.25, 0.3) is 0 Å². The van der Waals surface area contributed by atoms with Gasteiger partial charge in [-0.1, -0.05) is 0 Å². The lowest BCUT2D eigenvalue weighted by Crippen LogP contribution is -2.30. The Morgan fingerprint density at radius 2 is 2.29 bits per heavy atom. The fourth-order valence-corrected chi connectivity index (χ4v) is 2.92. The summed E-state index contributed by atoms with van der Waals surface area (Å²) in [5, 5.41) is 3.37. The van der Waals surface area contributed by atoms with Gasteiger partial charge >= 0.3 is 0 Å². The molecule has 1 saturated heterocycles. The van der Waals surface area contributed by atoms with Crippen LogP contribution in [-0.4, -0.2) is 31.3 Å². The first-order chi connectivity index (χ1) is 6.75. The van der Waals surface area contributed by atoms with Crippen molar-refractivity contribution in [3.05, 3.63) is 12.4 Å². The van der Waals surface area contributed by atoms with Gasteiger partial charge in [0.05, 0.1) is 0 Å². The molecule has 0 radical (unpaired) electrons. The summed E-state index contributed by atoms with van der Waals surface area (Å²) in [6.45, 7) is 0. The molecule has 0 aliphatic carbocycles. The van der Waals surface area contributed by atoms with E-state index in [1.165, 1.54) is 0 Å². The first-order valence-electron chi connectivity index (χ1n) is 4.84. The van der Waals surface area contributed by atoms with Gasteiger partial charge in [-0.2, -0.15) is 0 Å². The van der Waals surface area contributed by atoms with Gasteiger partial charge in [-0.3, -0.25) is 4.21 Å². The quantitative estimate of drug-likeness (QED) is 0.788. The van der Waals surface area contributed by atoms with Crippen LogP contribution in [0.2, 0.25) is 0 Å². The predicted molar refractivity (Wildman–Crippen MR) is 57.7 cm³/mol. The summed E-state index contributed by atoms with van der Waals surface area (Å²) >= 11 is 0. The lowest BCUT2D eigenvalue weighted by molar-refractivity contribution is 0.618. The largest absolute Gasteiger partial charge is 0.353 e. The summed E-state index contributed by atoms with van der Waals surface area (Å²) in [4.78, 5) is 4.20. The van der Waals surface area contributed by atoms with E-state index in [9.17, 15) is 4.21 Å². The van der Waals surface area contributed by atoms with Gasteiger partial charge in [0.2, 0.25) is 5.95 Å². The second-order valence-electron chi connectivity index (χ2n) is 3.63. The highest BCUT2D eigenvalue weighted by Gasteiger charge is 2.18. The molecular formula is C9H15N3OS. The average Bonchev–Trinajstić information content (AvgIpc) is 2.56. The van der Waals surface area contributed by atoms with Crippen LogP contribution >= 0.6 is 0 Å². The van der Waals surface area contributed by atoms with Gasteiger partial charge in [0, 0.05) is 47.8 Å². The van der Waals surface area contributed by atoms with Gasteiger partial charge in [0.25, 0.3) is 0 Å². The van der Waals surface area contributed by atoms with Gasteiger partial charge in [-0.25, -0.2) is 4.98 Å². The lowest BCUT2D eigenvalue weighted by Gasteiger charge is -2.22. The van der Waals surface area contributed by atoms with Gasteiger partial charge < -0.3 is 9.88 Å². The molecule has 0 atom stereocenters. The molecule has 0 aromatic carbocycles. The molecule has 1 aliphatic heterocycles. The molecule has 14 heavy (non-hydrogen) atoms. The molecular weight excluding hydrogens is 198 g/mol. The van der Waals surface area contributed by atoms with E-state index in [-0.39, 0.29) is 0 Å². The average molecular weight is 213 g/mol. The number of rotatable bonds is 2. The van der Waals surface area contributed by atoms with Crippen LogP contribution in [0.1, 0.15) is 12.8 Å². The second-order valence-corrected chi connectivity index (χ2v) is 5.32. The molecule has 0 saturated carbocycles. The summed E-state index contributed by atoms with van der Waals surface area (Å²) in [7, 11) is 1.39. The Kier molecular flexibility index (Phi) is 2.86. The Labute approximate surface area is 86.2 Å². The third-order valence-electron chi connectivity index (χ3n) is 2.54. The molecule has 0 amide bonds. The second kappa shape index (κ2) is 4.13. The van der Waals surface area contributed by atoms with Crippen LogP contribution in [0.5, 0.6) is 0 Å².